The van der Waals surface area contributed by atoms with Crippen molar-refractivity contribution in [2.75, 3.05) is 17.2 Å². The summed E-state index contributed by atoms with van der Waals surface area (Å²) in [7, 11) is 0. The van der Waals surface area contributed by atoms with Crippen LogP contribution in [0.3, 0.4) is 0 Å². The maximum atomic E-state index is 13.1. The molecule has 0 aliphatic rings. The van der Waals surface area contributed by atoms with Gasteiger partial charge in [0.05, 0.1) is 12.4 Å². The third-order valence-electron chi connectivity index (χ3n) is 3.05. The van der Waals surface area contributed by atoms with Crippen molar-refractivity contribution in [3.8, 4) is 0 Å². The van der Waals surface area contributed by atoms with E-state index in [1.165, 1.54) is 30.6 Å². The van der Waals surface area contributed by atoms with Crippen LogP contribution >= 0.6 is 0 Å². The van der Waals surface area contributed by atoms with Gasteiger partial charge in [0.15, 0.2) is 0 Å². The zero-order chi connectivity index (χ0) is 15.8. The molecule has 0 spiro atoms. The summed E-state index contributed by atoms with van der Waals surface area (Å²) in [6.07, 6.45) is 6.31. The van der Waals surface area contributed by atoms with E-state index in [1.54, 1.807) is 6.07 Å². The van der Waals surface area contributed by atoms with E-state index in [-0.39, 0.29) is 5.69 Å². The number of benzene rings is 1. The van der Waals surface area contributed by atoms with E-state index in [1.807, 2.05) is 0 Å². The number of unbranched alkanes of at least 4 members (excludes halogenated alkanes) is 2. The Hall–Kier alpha value is -2.50. The van der Waals surface area contributed by atoms with Crippen molar-refractivity contribution in [1.29, 1.82) is 0 Å². The molecule has 2 N–H and O–H groups in total. The van der Waals surface area contributed by atoms with Crippen LogP contribution in [0.5, 0.6) is 0 Å². The number of anilines is 2. The Morgan fingerprint density at radius 1 is 1.23 bits per heavy atom. The number of nitrogens with one attached hydrogen (secondary N) is 2. The van der Waals surface area contributed by atoms with Crippen molar-refractivity contribution < 1.29 is 9.18 Å². The van der Waals surface area contributed by atoms with Crippen LogP contribution in [0.2, 0.25) is 0 Å². The standard InChI is InChI=1S/C16H19FN4O/c1-2-3-4-8-18-15-11-19-14(10-20-15)16(22)21-13-7-5-6-12(17)9-13/h5-7,9-11H,2-4,8H2,1H3,(H,18,20)(H,21,22). The smallest absolute Gasteiger partial charge is 0.275 e. The van der Waals surface area contributed by atoms with Gasteiger partial charge < -0.3 is 10.6 Å². The molecule has 0 aliphatic heterocycles. The SMILES string of the molecule is CCCCCNc1cnc(C(=O)Nc2cccc(F)c2)cn1. The molecule has 5 nitrogen and oxygen atoms in total. The van der Waals surface area contributed by atoms with E-state index in [4.69, 9.17) is 0 Å². The zero-order valence-electron chi connectivity index (χ0n) is 12.5. The second-order valence-electron chi connectivity index (χ2n) is 4.89. The third kappa shape index (κ3) is 4.80. The number of halogens is 1. The Bertz CT molecular complexity index is 616. The molecule has 2 rings (SSSR count). The van der Waals surface area contributed by atoms with Gasteiger partial charge in [-0.15, -0.1) is 0 Å². The first-order valence-electron chi connectivity index (χ1n) is 7.32. The minimum absolute atomic E-state index is 0.184. The molecule has 0 atom stereocenters. The van der Waals surface area contributed by atoms with Crippen molar-refractivity contribution in [2.24, 2.45) is 0 Å². The molecule has 0 bridgehead atoms. The van der Waals surface area contributed by atoms with E-state index in [0.717, 1.165) is 25.8 Å². The average molecular weight is 302 g/mol. The van der Waals surface area contributed by atoms with Crippen LogP contribution in [-0.4, -0.2) is 22.4 Å². The van der Waals surface area contributed by atoms with Crippen LogP contribution in [0.25, 0.3) is 0 Å². The molecule has 6 heteroatoms. The Balaban J connectivity index is 1.90. The quantitative estimate of drug-likeness (QED) is 0.769. The van der Waals surface area contributed by atoms with Crippen molar-refractivity contribution in [1.82, 2.24) is 9.97 Å². The van der Waals surface area contributed by atoms with Gasteiger partial charge in [0.1, 0.15) is 17.3 Å². The summed E-state index contributed by atoms with van der Waals surface area (Å²) in [6.45, 7) is 2.98. The molecule has 1 heterocycles. The lowest BCUT2D eigenvalue weighted by Crippen LogP contribution is -2.14. The van der Waals surface area contributed by atoms with Crippen molar-refractivity contribution in [3.63, 3.8) is 0 Å². The van der Waals surface area contributed by atoms with Crippen molar-refractivity contribution in [2.45, 2.75) is 26.2 Å². The molecule has 0 fully saturated rings. The summed E-state index contributed by atoms with van der Waals surface area (Å²) in [4.78, 5) is 20.2. The van der Waals surface area contributed by atoms with E-state index in [0.29, 0.717) is 11.5 Å². The maximum Gasteiger partial charge on any atom is 0.275 e. The van der Waals surface area contributed by atoms with Crippen LogP contribution in [-0.2, 0) is 0 Å². The fraction of sp³-hybridized carbons (Fsp3) is 0.312. The lowest BCUT2D eigenvalue weighted by molar-refractivity contribution is 0.102. The van der Waals surface area contributed by atoms with Crippen LogP contribution in [0, 0.1) is 5.82 Å². The van der Waals surface area contributed by atoms with Gasteiger partial charge in [-0.1, -0.05) is 25.8 Å². The molecule has 2 aromatic rings. The summed E-state index contributed by atoms with van der Waals surface area (Å²) in [5.74, 6) is -0.190. The number of carbonyl (C=O) groups excluding carboxylic acids is 1. The topological polar surface area (TPSA) is 66.9 Å². The number of hydrogen-bond donors (Lipinski definition) is 2. The summed E-state index contributed by atoms with van der Waals surface area (Å²) >= 11 is 0. The first-order chi connectivity index (χ1) is 10.7. The van der Waals surface area contributed by atoms with Gasteiger partial charge in [0.2, 0.25) is 0 Å². The molecule has 1 aromatic heterocycles. The predicted octanol–water partition coefficient (Wildman–Crippen LogP) is 3.47. The van der Waals surface area contributed by atoms with Crippen molar-refractivity contribution >= 4 is 17.4 Å². The number of hydrogen-bond acceptors (Lipinski definition) is 4. The highest BCUT2D eigenvalue weighted by atomic mass is 19.1. The second kappa shape index (κ2) is 8.07. The molecular formula is C16H19FN4O. The highest BCUT2D eigenvalue weighted by Gasteiger charge is 2.08. The summed E-state index contributed by atoms with van der Waals surface area (Å²) in [6, 6.07) is 5.70. The number of rotatable bonds is 7. The number of nitrogens with zero attached hydrogens (tertiary/aromatic N) is 2. The molecule has 116 valence electrons. The molecule has 0 unspecified atom stereocenters. The monoisotopic (exact) mass is 302 g/mol. The summed E-state index contributed by atoms with van der Waals surface area (Å²) < 4.78 is 13.1. The van der Waals surface area contributed by atoms with Crippen molar-refractivity contribution in [3.05, 3.63) is 48.2 Å². The zero-order valence-corrected chi connectivity index (χ0v) is 12.5. The van der Waals surface area contributed by atoms with E-state index in [9.17, 15) is 9.18 Å². The molecule has 0 aliphatic carbocycles. The molecule has 0 saturated heterocycles. The molecule has 1 amide bonds. The number of aromatic nitrogens is 2. The lowest BCUT2D eigenvalue weighted by Gasteiger charge is -2.06. The van der Waals surface area contributed by atoms with Crippen LogP contribution in [0.1, 0.15) is 36.7 Å². The fourth-order valence-corrected chi connectivity index (χ4v) is 1.89. The maximum absolute atomic E-state index is 13.1. The highest BCUT2D eigenvalue weighted by Crippen LogP contribution is 2.10. The van der Waals surface area contributed by atoms with Gasteiger partial charge in [-0.3, -0.25) is 4.79 Å². The van der Waals surface area contributed by atoms with Gasteiger partial charge in [-0.05, 0) is 24.6 Å². The minimum atomic E-state index is -0.421. The predicted molar refractivity (Wildman–Crippen MR) is 84.4 cm³/mol. The Kier molecular flexibility index (Phi) is 5.82. The molecule has 1 aromatic carbocycles. The van der Waals surface area contributed by atoms with Gasteiger partial charge in [0.25, 0.3) is 5.91 Å². The highest BCUT2D eigenvalue weighted by molar-refractivity contribution is 6.02. The van der Waals surface area contributed by atoms with E-state index >= 15 is 0 Å². The normalized spacial score (nSPS) is 10.3. The number of carbonyl (C=O) groups is 1. The van der Waals surface area contributed by atoms with Gasteiger partial charge in [0, 0.05) is 12.2 Å². The first-order valence-corrected chi connectivity index (χ1v) is 7.32. The van der Waals surface area contributed by atoms with E-state index < -0.39 is 11.7 Å². The summed E-state index contributed by atoms with van der Waals surface area (Å²) in [5.41, 5.74) is 0.567. The molecule has 0 saturated carbocycles. The third-order valence-corrected chi connectivity index (χ3v) is 3.05. The Morgan fingerprint density at radius 2 is 2.09 bits per heavy atom. The van der Waals surface area contributed by atoms with E-state index in [2.05, 4.69) is 27.5 Å². The number of amides is 1. The van der Waals surface area contributed by atoms with Gasteiger partial charge in [-0.2, -0.15) is 0 Å². The second-order valence-corrected chi connectivity index (χ2v) is 4.89. The molecule has 0 radical (unpaired) electrons. The molecular weight excluding hydrogens is 283 g/mol. The van der Waals surface area contributed by atoms with Crippen LogP contribution < -0.4 is 10.6 Å². The lowest BCUT2D eigenvalue weighted by atomic mass is 10.2. The minimum Gasteiger partial charge on any atom is -0.369 e. The van der Waals surface area contributed by atoms with Gasteiger partial charge in [-0.25, -0.2) is 14.4 Å². The fourth-order valence-electron chi connectivity index (χ4n) is 1.89. The molecule has 22 heavy (non-hydrogen) atoms. The van der Waals surface area contributed by atoms with Crippen LogP contribution in [0.4, 0.5) is 15.9 Å². The first kappa shape index (κ1) is 15.9. The Labute approximate surface area is 129 Å². The Morgan fingerprint density at radius 3 is 2.77 bits per heavy atom. The van der Waals surface area contributed by atoms with Crippen LogP contribution in [0.15, 0.2) is 36.7 Å². The average Bonchev–Trinajstić information content (AvgIpc) is 2.52. The van der Waals surface area contributed by atoms with Gasteiger partial charge >= 0.3 is 0 Å². The summed E-state index contributed by atoms with van der Waals surface area (Å²) in [5, 5.41) is 5.72. The largest absolute Gasteiger partial charge is 0.369 e.